The van der Waals surface area contributed by atoms with Crippen LogP contribution in [0.25, 0.3) is 0 Å². The summed E-state index contributed by atoms with van der Waals surface area (Å²) in [5.74, 6) is -1.75. The zero-order valence-electron chi connectivity index (χ0n) is 7.45. The lowest BCUT2D eigenvalue weighted by molar-refractivity contribution is -0.384. The summed E-state index contributed by atoms with van der Waals surface area (Å²) in [5.41, 5.74) is 4.72. The molecule has 0 saturated heterocycles. The number of nitro groups is 1. The Kier molecular flexibility index (Phi) is 2.86. The van der Waals surface area contributed by atoms with Gasteiger partial charge in [0.25, 0.3) is 5.69 Å². The molecule has 1 aromatic carbocycles. The molecule has 0 spiro atoms. The standard InChI is InChI=1S/C8H8N2O5/c9-7(8(12)13)5-3-4(10(14)15)1-2-6(5)11/h1-3,7,11H,9H2,(H,12,13)/t7-/m1/s1. The SMILES string of the molecule is N[C@@H](C(=O)O)c1cc([N+](=O)[O-])ccc1O. The van der Waals surface area contributed by atoms with Gasteiger partial charge in [0.2, 0.25) is 0 Å². The number of non-ortho nitro benzene ring substituents is 1. The maximum atomic E-state index is 10.5. The van der Waals surface area contributed by atoms with Crippen molar-refractivity contribution in [2.75, 3.05) is 0 Å². The van der Waals surface area contributed by atoms with E-state index in [2.05, 4.69) is 0 Å². The molecule has 7 heteroatoms. The average Bonchev–Trinajstić information content (AvgIpc) is 2.16. The van der Waals surface area contributed by atoms with E-state index in [-0.39, 0.29) is 17.0 Å². The van der Waals surface area contributed by atoms with E-state index in [1.54, 1.807) is 0 Å². The fourth-order valence-corrected chi connectivity index (χ4v) is 1.04. The van der Waals surface area contributed by atoms with Crippen molar-refractivity contribution in [3.8, 4) is 5.75 Å². The molecule has 80 valence electrons. The van der Waals surface area contributed by atoms with E-state index in [0.717, 1.165) is 18.2 Å². The number of nitro benzene ring substituents is 1. The lowest BCUT2D eigenvalue weighted by Crippen LogP contribution is -2.20. The van der Waals surface area contributed by atoms with Crippen LogP contribution in [0.5, 0.6) is 5.75 Å². The molecule has 0 aliphatic carbocycles. The van der Waals surface area contributed by atoms with Gasteiger partial charge < -0.3 is 15.9 Å². The molecule has 0 aliphatic rings. The van der Waals surface area contributed by atoms with Gasteiger partial charge in [0.15, 0.2) is 0 Å². The average molecular weight is 212 g/mol. The molecule has 0 aliphatic heterocycles. The zero-order chi connectivity index (χ0) is 11.6. The monoisotopic (exact) mass is 212 g/mol. The van der Waals surface area contributed by atoms with Crippen LogP contribution in [0.4, 0.5) is 5.69 Å². The Bertz CT molecular complexity index is 417. The zero-order valence-corrected chi connectivity index (χ0v) is 7.45. The quantitative estimate of drug-likeness (QED) is 0.491. The molecule has 4 N–H and O–H groups in total. The second-order valence-electron chi connectivity index (χ2n) is 2.82. The van der Waals surface area contributed by atoms with E-state index in [1.165, 1.54) is 0 Å². The number of carboxylic acids is 1. The highest BCUT2D eigenvalue weighted by Gasteiger charge is 2.20. The number of rotatable bonds is 3. The number of carboxylic acid groups (broad SMARTS) is 1. The van der Waals surface area contributed by atoms with E-state index in [1.807, 2.05) is 0 Å². The van der Waals surface area contributed by atoms with Crippen LogP contribution in [0.3, 0.4) is 0 Å². The second kappa shape index (κ2) is 3.93. The minimum absolute atomic E-state index is 0.184. The molecule has 0 unspecified atom stereocenters. The number of aromatic hydroxyl groups is 1. The fraction of sp³-hybridized carbons (Fsp3) is 0.125. The van der Waals surface area contributed by atoms with Crippen molar-refractivity contribution < 1.29 is 19.9 Å². The highest BCUT2D eigenvalue weighted by Crippen LogP contribution is 2.27. The first-order valence-corrected chi connectivity index (χ1v) is 3.89. The first kappa shape index (κ1) is 10.9. The summed E-state index contributed by atoms with van der Waals surface area (Å²) in [6.07, 6.45) is 0. The number of phenols is 1. The van der Waals surface area contributed by atoms with Gasteiger partial charge in [-0.15, -0.1) is 0 Å². The summed E-state index contributed by atoms with van der Waals surface area (Å²) in [7, 11) is 0. The lowest BCUT2D eigenvalue weighted by Gasteiger charge is -2.08. The van der Waals surface area contributed by atoms with Crippen molar-refractivity contribution in [3.05, 3.63) is 33.9 Å². The van der Waals surface area contributed by atoms with Gasteiger partial charge in [-0.1, -0.05) is 0 Å². The van der Waals surface area contributed by atoms with E-state index in [4.69, 9.17) is 10.8 Å². The number of phenolic OH excluding ortho intramolecular Hbond substituents is 1. The van der Waals surface area contributed by atoms with Gasteiger partial charge >= 0.3 is 5.97 Å². The Balaban J connectivity index is 3.22. The maximum absolute atomic E-state index is 10.5. The molecule has 7 nitrogen and oxygen atoms in total. The molecule has 1 aromatic rings. The van der Waals surface area contributed by atoms with E-state index >= 15 is 0 Å². The normalized spacial score (nSPS) is 12.1. The summed E-state index contributed by atoms with van der Waals surface area (Å²) in [4.78, 5) is 20.2. The first-order valence-electron chi connectivity index (χ1n) is 3.89. The van der Waals surface area contributed by atoms with Crippen molar-refractivity contribution in [1.82, 2.24) is 0 Å². The van der Waals surface area contributed by atoms with Crippen molar-refractivity contribution in [2.45, 2.75) is 6.04 Å². The number of hydrogen-bond acceptors (Lipinski definition) is 5. The minimum atomic E-state index is -1.48. The van der Waals surface area contributed by atoms with Gasteiger partial charge in [-0.05, 0) is 6.07 Å². The number of carbonyl (C=O) groups is 1. The third-order valence-electron chi connectivity index (χ3n) is 1.82. The highest BCUT2D eigenvalue weighted by atomic mass is 16.6. The predicted octanol–water partition coefficient (Wildman–Crippen LogP) is 0.385. The van der Waals surface area contributed by atoms with Crippen LogP contribution < -0.4 is 5.73 Å². The van der Waals surface area contributed by atoms with Crippen LogP contribution in [-0.4, -0.2) is 21.1 Å². The Morgan fingerprint density at radius 3 is 2.60 bits per heavy atom. The molecule has 0 amide bonds. The third-order valence-corrected chi connectivity index (χ3v) is 1.82. The summed E-state index contributed by atoms with van der Waals surface area (Å²) < 4.78 is 0. The van der Waals surface area contributed by atoms with E-state index < -0.39 is 16.9 Å². The number of aliphatic carboxylic acids is 1. The van der Waals surface area contributed by atoms with Crippen molar-refractivity contribution >= 4 is 11.7 Å². The van der Waals surface area contributed by atoms with Gasteiger partial charge in [0.05, 0.1) is 4.92 Å². The Hall–Kier alpha value is -2.15. The summed E-state index contributed by atoms with van der Waals surface area (Å²) >= 11 is 0. The molecular formula is C8H8N2O5. The number of benzene rings is 1. The smallest absolute Gasteiger partial charge is 0.325 e. The van der Waals surface area contributed by atoms with E-state index in [9.17, 15) is 20.0 Å². The largest absolute Gasteiger partial charge is 0.508 e. The number of nitrogens with two attached hydrogens (primary N) is 1. The Labute approximate surface area is 83.9 Å². The van der Waals surface area contributed by atoms with E-state index in [0.29, 0.717) is 0 Å². The predicted molar refractivity (Wildman–Crippen MR) is 49.3 cm³/mol. The van der Waals surface area contributed by atoms with Gasteiger partial charge in [-0.2, -0.15) is 0 Å². The van der Waals surface area contributed by atoms with Crippen molar-refractivity contribution in [3.63, 3.8) is 0 Å². The molecule has 0 aromatic heterocycles. The second-order valence-corrected chi connectivity index (χ2v) is 2.82. The van der Waals surface area contributed by atoms with Gasteiger partial charge in [-0.3, -0.25) is 14.9 Å². The molecule has 0 radical (unpaired) electrons. The van der Waals surface area contributed by atoms with Crippen molar-refractivity contribution in [1.29, 1.82) is 0 Å². The van der Waals surface area contributed by atoms with Gasteiger partial charge in [0.1, 0.15) is 11.8 Å². The molecule has 0 saturated carbocycles. The lowest BCUT2D eigenvalue weighted by atomic mass is 10.1. The molecule has 0 heterocycles. The molecule has 0 fully saturated rings. The molecule has 15 heavy (non-hydrogen) atoms. The number of nitrogens with zero attached hydrogens (tertiary/aromatic N) is 1. The maximum Gasteiger partial charge on any atom is 0.325 e. The van der Waals surface area contributed by atoms with Crippen molar-refractivity contribution in [2.24, 2.45) is 5.73 Å². The molecular weight excluding hydrogens is 204 g/mol. The van der Waals surface area contributed by atoms with Crippen LogP contribution in [-0.2, 0) is 4.79 Å². The molecule has 1 atom stereocenters. The Morgan fingerprint density at radius 1 is 1.53 bits per heavy atom. The topological polar surface area (TPSA) is 127 Å². The van der Waals surface area contributed by atoms with Crippen LogP contribution in [0.1, 0.15) is 11.6 Å². The van der Waals surface area contributed by atoms with Gasteiger partial charge in [0, 0.05) is 17.7 Å². The minimum Gasteiger partial charge on any atom is -0.508 e. The molecule has 1 rings (SSSR count). The van der Waals surface area contributed by atoms with Crippen LogP contribution in [0.15, 0.2) is 18.2 Å². The Morgan fingerprint density at radius 2 is 2.13 bits per heavy atom. The van der Waals surface area contributed by atoms with Crippen LogP contribution in [0, 0.1) is 10.1 Å². The van der Waals surface area contributed by atoms with Gasteiger partial charge in [-0.25, -0.2) is 0 Å². The fourth-order valence-electron chi connectivity index (χ4n) is 1.04. The number of hydrogen-bond donors (Lipinski definition) is 3. The first-order chi connectivity index (χ1) is 6.93. The van der Waals surface area contributed by atoms with Crippen LogP contribution >= 0.6 is 0 Å². The van der Waals surface area contributed by atoms with Crippen LogP contribution in [0.2, 0.25) is 0 Å². The molecule has 0 bridgehead atoms. The highest BCUT2D eigenvalue weighted by molar-refractivity contribution is 5.76. The third kappa shape index (κ3) is 2.20. The summed E-state index contributed by atoms with van der Waals surface area (Å²) in [6.45, 7) is 0. The summed E-state index contributed by atoms with van der Waals surface area (Å²) in [5, 5.41) is 28.2. The summed E-state index contributed by atoms with van der Waals surface area (Å²) in [6, 6.07) is 1.56.